The summed E-state index contributed by atoms with van der Waals surface area (Å²) in [5, 5.41) is 3.01. The van der Waals surface area contributed by atoms with Gasteiger partial charge in [-0.15, -0.1) is 0 Å². The first kappa shape index (κ1) is 16.3. The summed E-state index contributed by atoms with van der Waals surface area (Å²) in [6, 6.07) is -0.659. The maximum atomic E-state index is 13.1. The summed E-state index contributed by atoms with van der Waals surface area (Å²) in [5.74, 6) is 0.474. The quantitative estimate of drug-likeness (QED) is 0.866. The molecule has 2 unspecified atom stereocenters. The molecule has 0 bridgehead atoms. The van der Waals surface area contributed by atoms with Crippen LogP contribution in [0.5, 0.6) is 0 Å². The van der Waals surface area contributed by atoms with Crippen LogP contribution in [0.1, 0.15) is 72.6 Å². The van der Waals surface area contributed by atoms with Crippen LogP contribution in [0.3, 0.4) is 0 Å². The highest BCUT2D eigenvalue weighted by Gasteiger charge is 2.47. The van der Waals surface area contributed by atoms with E-state index in [0.29, 0.717) is 5.92 Å². The third kappa shape index (κ3) is 2.95. The molecule has 0 spiro atoms. The number of piperazine rings is 1. The van der Waals surface area contributed by atoms with Crippen molar-refractivity contribution in [3.63, 3.8) is 0 Å². The zero-order valence-electron chi connectivity index (χ0n) is 13.9. The zero-order valence-corrected chi connectivity index (χ0v) is 13.9. The molecule has 0 aromatic carbocycles. The number of carbonyl (C=O) groups is 2. The fraction of sp³-hybridized carbons (Fsp3) is 0.882. The van der Waals surface area contributed by atoms with Crippen LogP contribution in [0.2, 0.25) is 0 Å². The first-order valence-electron chi connectivity index (χ1n) is 8.58. The van der Waals surface area contributed by atoms with Crippen LogP contribution in [0.15, 0.2) is 0 Å². The van der Waals surface area contributed by atoms with E-state index in [4.69, 9.17) is 0 Å². The number of carbonyl (C=O) groups excluding carboxylic acids is 2. The molecular formula is C17H30N2O2. The first-order chi connectivity index (χ1) is 9.94. The van der Waals surface area contributed by atoms with Gasteiger partial charge in [-0.3, -0.25) is 9.59 Å². The highest BCUT2D eigenvalue weighted by atomic mass is 16.2. The number of amides is 2. The lowest BCUT2D eigenvalue weighted by atomic mass is 9.80. The van der Waals surface area contributed by atoms with E-state index < -0.39 is 0 Å². The smallest absolute Gasteiger partial charge is 0.246 e. The fourth-order valence-corrected chi connectivity index (χ4v) is 3.90. The minimum absolute atomic E-state index is 0.0123. The minimum atomic E-state index is -0.359. The van der Waals surface area contributed by atoms with Gasteiger partial charge in [0, 0.05) is 5.54 Å². The molecular weight excluding hydrogens is 264 g/mol. The molecule has 1 saturated carbocycles. The van der Waals surface area contributed by atoms with Gasteiger partial charge in [-0.25, -0.2) is 0 Å². The Morgan fingerprint density at radius 3 is 2.24 bits per heavy atom. The summed E-state index contributed by atoms with van der Waals surface area (Å²) in [7, 11) is 0. The normalized spacial score (nSPS) is 28.7. The van der Waals surface area contributed by atoms with E-state index in [1.54, 1.807) is 0 Å². The Kier molecular flexibility index (Phi) is 4.95. The molecule has 120 valence electrons. The van der Waals surface area contributed by atoms with Gasteiger partial charge in [-0.2, -0.15) is 0 Å². The molecule has 2 aliphatic rings. The first-order valence-corrected chi connectivity index (χ1v) is 8.58. The predicted octanol–water partition coefficient (Wildman–Crippen LogP) is 2.86. The number of nitrogens with one attached hydrogen (secondary N) is 1. The molecule has 4 nitrogen and oxygen atoms in total. The number of nitrogens with zero attached hydrogens (tertiary/aromatic N) is 1. The number of rotatable bonds is 4. The van der Waals surface area contributed by atoms with Crippen molar-refractivity contribution >= 4 is 11.8 Å². The molecule has 1 saturated heterocycles. The summed E-state index contributed by atoms with van der Waals surface area (Å²) >= 11 is 0. The van der Waals surface area contributed by atoms with Crippen LogP contribution in [0, 0.1) is 5.92 Å². The van der Waals surface area contributed by atoms with Gasteiger partial charge in [-0.05, 0) is 45.4 Å². The van der Waals surface area contributed by atoms with Crippen molar-refractivity contribution in [2.45, 2.75) is 90.3 Å². The molecule has 0 aromatic heterocycles. The minimum Gasteiger partial charge on any atom is -0.342 e. The van der Waals surface area contributed by atoms with Crippen LogP contribution < -0.4 is 5.32 Å². The van der Waals surface area contributed by atoms with Crippen molar-refractivity contribution in [3.8, 4) is 0 Å². The molecule has 21 heavy (non-hydrogen) atoms. The lowest BCUT2D eigenvalue weighted by Crippen LogP contribution is -2.69. The van der Waals surface area contributed by atoms with Crippen molar-refractivity contribution in [2.24, 2.45) is 5.92 Å². The van der Waals surface area contributed by atoms with Crippen molar-refractivity contribution in [2.75, 3.05) is 0 Å². The largest absolute Gasteiger partial charge is 0.342 e. The van der Waals surface area contributed by atoms with Crippen molar-refractivity contribution < 1.29 is 9.59 Å². The zero-order chi connectivity index (χ0) is 15.6. The molecule has 4 heteroatoms. The van der Waals surface area contributed by atoms with Gasteiger partial charge in [0.05, 0.1) is 0 Å². The number of hydrogen-bond acceptors (Lipinski definition) is 2. The summed E-state index contributed by atoms with van der Waals surface area (Å²) in [4.78, 5) is 27.3. The Balaban J connectivity index is 2.26. The molecule has 1 aliphatic carbocycles. The van der Waals surface area contributed by atoms with Crippen molar-refractivity contribution in [1.82, 2.24) is 10.2 Å². The van der Waals surface area contributed by atoms with E-state index in [9.17, 15) is 9.59 Å². The fourth-order valence-electron chi connectivity index (χ4n) is 3.90. The molecule has 1 heterocycles. The Labute approximate surface area is 128 Å². The summed E-state index contributed by atoms with van der Waals surface area (Å²) in [6.45, 7) is 8.17. The van der Waals surface area contributed by atoms with E-state index in [0.717, 1.165) is 25.7 Å². The Hall–Kier alpha value is -1.06. The monoisotopic (exact) mass is 294 g/mol. The van der Waals surface area contributed by atoms with E-state index in [-0.39, 0.29) is 29.4 Å². The van der Waals surface area contributed by atoms with Gasteiger partial charge in [0.15, 0.2) is 0 Å². The highest BCUT2D eigenvalue weighted by molar-refractivity contribution is 5.97. The molecule has 1 aliphatic heterocycles. The van der Waals surface area contributed by atoms with Gasteiger partial charge in [0.1, 0.15) is 12.1 Å². The molecule has 0 radical (unpaired) electrons. The molecule has 2 amide bonds. The average molecular weight is 294 g/mol. The summed E-state index contributed by atoms with van der Waals surface area (Å²) < 4.78 is 0. The standard InChI is InChI=1S/C17H30N2O2/c1-5-17(4,6-2)19-12(3)15(20)18-14(16(19)21)13-10-8-7-9-11-13/h12-14H,5-11H2,1-4H3,(H,18,20). The molecule has 2 fully saturated rings. The lowest BCUT2D eigenvalue weighted by molar-refractivity contribution is -0.158. The van der Waals surface area contributed by atoms with Gasteiger partial charge >= 0.3 is 0 Å². The molecule has 2 rings (SSSR count). The topological polar surface area (TPSA) is 49.4 Å². The summed E-state index contributed by atoms with van der Waals surface area (Å²) in [6.07, 6.45) is 7.50. The maximum absolute atomic E-state index is 13.1. The number of hydrogen-bond donors (Lipinski definition) is 1. The second-order valence-corrected chi connectivity index (χ2v) is 6.97. The molecule has 0 aromatic rings. The predicted molar refractivity (Wildman–Crippen MR) is 83.8 cm³/mol. The molecule has 2 atom stereocenters. The van der Waals surface area contributed by atoms with Crippen molar-refractivity contribution in [3.05, 3.63) is 0 Å². The van der Waals surface area contributed by atoms with Gasteiger partial charge < -0.3 is 10.2 Å². The SMILES string of the molecule is CCC(C)(CC)N1C(=O)C(C2CCCCC2)NC(=O)C1C. The van der Waals surface area contributed by atoms with Crippen molar-refractivity contribution in [1.29, 1.82) is 0 Å². The van der Waals surface area contributed by atoms with E-state index >= 15 is 0 Å². The Bertz CT molecular complexity index is 398. The Morgan fingerprint density at radius 1 is 1.14 bits per heavy atom. The van der Waals surface area contributed by atoms with Crippen LogP contribution in [-0.4, -0.2) is 34.3 Å². The third-order valence-electron chi connectivity index (χ3n) is 5.79. The highest BCUT2D eigenvalue weighted by Crippen LogP contribution is 2.33. The average Bonchev–Trinajstić information content (AvgIpc) is 2.51. The van der Waals surface area contributed by atoms with Crippen LogP contribution in [0.4, 0.5) is 0 Å². The third-order valence-corrected chi connectivity index (χ3v) is 5.79. The van der Waals surface area contributed by atoms with Gasteiger partial charge in [-0.1, -0.05) is 33.1 Å². The van der Waals surface area contributed by atoms with Crippen LogP contribution in [0.25, 0.3) is 0 Å². The van der Waals surface area contributed by atoms with Gasteiger partial charge in [0.25, 0.3) is 0 Å². The second-order valence-electron chi connectivity index (χ2n) is 6.97. The molecule has 1 N–H and O–H groups in total. The van der Waals surface area contributed by atoms with E-state index in [2.05, 4.69) is 26.1 Å². The second kappa shape index (κ2) is 6.37. The van der Waals surface area contributed by atoms with E-state index in [1.807, 2.05) is 11.8 Å². The lowest BCUT2D eigenvalue weighted by Gasteiger charge is -2.49. The van der Waals surface area contributed by atoms with Crippen LogP contribution >= 0.6 is 0 Å². The van der Waals surface area contributed by atoms with Gasteiger partial charge in [0.2, 0.25) is 11.8 Å². The van der Waals surface area contributed by atoms with Crippen LogP contribution in [-0.2, 0) is 9.59 Å². The Morgan fingerprint density at radius 2 is 1.71 bits per heavy atom. The summed E-state index contributed by atoms with van der Waals surface area (Å²) in [5.41, 5.74) is -0.221. The van der Waals surface area contributed by atoms with E-state index in [1.165, 1.54) is 19.3 Å². The maximum Gasteiger partial charge on any atom is 0.246 e.